The predicted molar refractivity (Wildman–Crippen MR) is 91.1 cm³/mol. The van der Waals surface area contributed by atoms with Gasteiger partial charge in [0.15, 0.2) is 0 Å². The molecule has 1 fully saturated rings. The molecule has 3 rings (SSSR count). The van der Waals surface area contributed by atoms with Gasteiger partial charge in [0.25, 0.3) is 5.91 Å². The number of aliphatic hydroxyl groups excluding tert-OH is 1. The lowest BCUT2D eigenvalue weighted by Crippen LogP contribution is -2.34. The number of nitrogens with zero attached hydrogens (tertiary/aromatic N) is 2. The standard InChI is InChI=1S/C18H25N3O4/c1-3-15(22)16(23)19-9-11-8-13-14(20-17(11)25-2)10-21(18(13)24)12-6-4-5-7-12/h8,12,15,22H,3-7,9-10H2,1-2H3,(H,19,23)/t15-/m1/s1. The van der Waals surface area contributed by atoms with Crippen LogP contribution in [-0.4, -0.2) is 46.1 Å². The van der Waals surface area contributed by atoms with Crippen LogP contribution in [0.4, 0.5) is 0 Å². The van der Waals surface area contributed by atoms with Crippen LogP contribution in [0.15, 0.2) is 6.07 Å². The molecule has 0 bridgehead atoms. The number of amides is 2. The minimum atomic E-state index is -1.03. The van der Waals surface area contributed by atoms with Gasteiger partial charge < -0.3 is 20.1 Å². The summed E-state index contributed by atoms with van der Waals surface area (Å²) in [7, 11) is 1.52. The molecule has 25 heavy (non-hydrogen) atoms. The molecule has 7 heteroatoms. The Balaban J connectivity index is 1.78. The molecule has 0 saturated heterocycles. The van der Waals surface area contributed by atoms with Crippen molar-refractivity contribution < 1.29 is 19.4 Å². The highest BCUT2D eigenvalue weighted by Gasteiger charge is 2.35. The average Bonchev–Trinajstić information content (AvgIpc) is 3.26. The average molecular weight is 347 g/mol. The van der Waals surface area contributed by atoms with Crippen molar-refractivity contribution in [2.75, 3.05) is 7.11 Å². The second-order valence-electron chi connectivity index (χ2n) is 6.66. The number of aromatic nitrogens is 1. The highest BCUT2D eigenvalue weighted by molar-refractivity contribution is 5.98. The molecule has 1 aromatic heterocycles. The summed E-state index contributed by atoms with van der Waals surface area (Å²) in [6.45, 7) is 2.42. The van der Waals surface area contributed by atoms with Crippen molar-refractivity contribution in [3.63, 3.8) is 0 Å². The third-order valence-corrected chi connectivity index (χ3v) is 5.05. The van der Waals surface area contributed by atoms with E-state index >= 15 is 0 Å². The molecule has 0 radical (unpaired) electrons. The van der Waals surface area contributed by atoms with Crippen molar-refractivity contribution in [1.29, 1.82) is 0 Å². The van der Waals surface area contributed by atoms with Gasteiger partial charge in [-0.05, 0) is 25.3 Å². The Morgan fingerprint density at radius 3 is 2.84 bits per heavy atom. The van der Waals surface area contributed by atoms with E-state index in [0.717, 1.165) is 18.5 Å². The normalized spacial score (nSPS) is 18.4. The minimum absolute atomic E-state index is 0.0122. The number of methoxy groups -OCH3 is 1. The van der Waals surface area contributed by atoms with Crippen molar-refractivity contribution in [3.05, 3.63) is 22.9 Å². The largest absolute Gasteiger partial charge is 0.481 e. The van der Waals surface area contributed by atoms with Gasteiger partial charge in [-0.1, -0.05) is 19.8 Å². The number of carbonyl (C=O) groups excluding carboxylic acids is 2. The zero-order chi connectivity index (χ0) is 18.0. The zero-order valence-electron chi connectivity index (χ0n) is 14.7. The van der Waals surface area contributed by atoms with Crippen LogP contribution >= 0.6 is 0 Å². The number of rotatable bonds is 6. The van der Waals surface area contributed by atoms with Gasteiger partial charge >= 0.3 is 0 Å². The van der Waals surface area contributed by atoms with Crippen molar-refractivity contribution in [2.45, 2.75) is 64.3 Å². The van der Waals surface area contributed by atoms with Gasteiger partial charge in [0.1, 0.15) is 6.10 Å². The van der Waals surface area contributed by atoms with Crippen LogP contribution in [0.5, 0.6) is 5.88 Å². The maximum Gasteiger partial charge on any atom is 0.256 e. The summed E-state index contributed by atoms with van der Waals surface area (Å²) in [6.07, 6.45) is 3.74. The fourth-order valence-electron chi connectivity index (χ4n) is 3.57. The van der Waals surface area contributed by atoms with Crippen LogP contribution in [0.2, 0.25) is 0 Å². The molecule has 1 aliphatic carbocycles. The summed E-state index contributed by atoms with van der Waals surface area (Å²) in [5.74, 6) is -0.0201. The van der Waals surface area contributed by atoms with E-state index in [9.17, 15) is 14.7 Å². The number of fused-ring (bicyclic) bond motifs is 1. The van der Waals surface area contributed by atoms with Gasteiger partial charge in [-0.2, -0.15) is 0 Å². The summed E-state index contributed by atoms with van der Waals surface area (Å²) in [5, 5.41) is 12.2. The van der Waals surface area contributed by atoms with E-state index in [0.29, 0.717) is 36.0 Å². The number of aliphatic hydroxyl groups is 1. The quantitative estimate of drug-likeness (QED) is 0.811. The van der Waals surface area contributed by atoms with E-state index in [1.165, 1.54) is 20.0 Å². The number of hydrogen-bond donors (Lipinski definition) is 2. The molecule has 1 saturated carbocycles. The van der Waals surface area contributed by atoms with E-state index in [1.54, 1.807) is 13.0 Å². The topological polar surface area (TPSA) is 91.8 Å². The molecule has 2 N–H and O–H groups in total. The molecule has 136 valence electrons. The smallest absolute Gasteiger partial charge is 0.256 e. The number of ether oxygens (including phenoxy) is 1. The van der Waals surface area contributed by atoms with Gasteiger partial charge in [-0.15, -0.1) is 0 Å². The lowest BCUT2D eigenvalue weighted by molar-refractivity contribution is -0.129. The summed E-state index contributed by atoms with van der Waals surface area (Å²) < 4.78 is 5.33. The minimum Gasteiger partial charge on any atom is -0.481 e. The molecule has 0 spiro atoms. The van der Waals surface area contributed by atoms with Crippen LogP contribution < -0.4 is 10.1 Å². The maximum absolute atomic E-state index is 12.7. The van der Waals surface area contributed by atoms with E-state index in [4.69, 9.17) is 4.74 Å². The fraction of sp³-hybridized carbons (Fsp3) is 0.611. The fourth-order valence-corrected chi connectivity index (χ4v) is 3.57. The molecular formula is C18H25N3O4. The molecule has 1 aliphatic heterocycles. The van der Waals surface area contributed by atoms with Gasteiger partial charge in [-0.3, -0.25) is 9.59 Å². The van der Waals surface area contributed by atoms with E-state index in [1.807, 2.05) is 4.90 Å². The van der Waals surface area contributed by atoms with Gasteiger partial charge in [-0.25, -0.2) is 4.98 Å². The monoisotopic (exact) mass is 347 g/mol. The summed E-state index contributed by atoms with van der Waals surface area (Å²) in [4.78, 5) is 30.9. The Bertz CT molecular complexity index is 671. The molecule has 1 aromatic rings. The Kier molecular flexibility index (Phi) is 5.22. The number of carbonyl (C=O) groups is 2. The van der Waals surface area contributed by atoms with E-state index in [2.05, 4.69) is 10.3 Å². The van der Waals surface area contributed by atoms with Crippen molar-refractivity contribution in [2.24, 2.45) is 0 Å². The Morgan fingerprint density at radius 2 is 2.20 bits per heavy atom. The van der Waals surface area contributed by atoms with Crippen molar-refractivity contribution >= 4 is 11.8 Å². The predicted octanol–water partition coefficient (Wildman–Crippen LogP) is 1.38. The molecule has 2 heterocycles. The second-order valence-corrected chi connectivity index (χ2v) is 6.66. The molecular weight excluding hydrogens is 322 g/mol. The molecule has 2 amide bonds. The van der Waals surface area contributed by atoms with Gasteiger partial charge in [0, 0.05) is 18.2 Å². The SMILES string of the molecule is CC[C@@H](O)C(=O)NCc1cc2c(nc1OC)CN(C1CCCC1)C2=O. The molecule has 2 aliphatic rings. The van der Waals surface area contributed by atoms with E-state index < -0.39 is 12.0 Å². The first-order chi connectivity index (χ1) is 12.0. The van der Waals surface area contributed by atoms with Crippen LogP contribution in [0.3, 0.4) is 0 Å². The maximum atomic E-state index is 12.7. The lowest BCUT2D eigenvalue weighted by atomic mass is 10.1. The number of pyridine rings is 1. The summed E-state index contributed by atoms with van der Waals surface area (Å²) in [5.41, 5.74) is 1.96. The highest BCUT2D eigenvalue weighted by Crippen LogP contribution is 2.33. The first kappa shape index (κ1) is 17.7. The zero-order valence-corrected chi connectivity index (χ0v) is 14.7. The first-order valence-electron chi connectivity index (χ1n) is 8.88. The van der Waals surface area contributed by atoms with Crippen molar-refractivity contribution in [1.82, 2.24) is 15.2 Å². The lowest BCUT2D eigenvalue weighted by Gasteiger charge is -2.22. The molecule has 7 nitrogen and oxygen atoms in total. The number of nitrogens with one attached hydrogen (secondary N) is 1. The van der Waals surface area contributed by atoms with Crippen LogP contribution in [-0.2, 0) is 17.9 Å². The number of hydrogen-bond acceptors (Lipinski definition) is 5. The summed E-state index contributed by atoms with van der Waals surface area (Å²) in [6, 6.07) is 2.06. The van der Waals surface area contributed by atoms with Crippen LogP contribution in [0.25, 0.3) is 0 Å². The third kappa shape index (κ3) is 3.46. The Labute approximate surface area is 147 Å². The summed E-state index contributed by atoms with van der Waals surface area (Å²) >= 11 is 0. The molecule has 0 unspecified atom stereocenters. The van der Waals surface area contributed by atoms with Crippen LogP contribution in [0.1, 0.15) is 60.6 Å². The van der Waals surface area contributed by atoms with E-state index in [-0.39, 0.29) is 12.5 Å². The van der Waals surface area contributed by atoms with Crippen molar-refractivity contribution in [3.8, 4) is 5.88 Å². The van der Waals surface area contributed by atoms with Crippen LogP contribution in [0, 0.1) is 0 Å². The van der Waals surface area contributed by atoms with Gasteiger partial charge in [0.05, 0.1) is 24.9 Å². The third-order valence-electron chi connectivity index (χ3n) is 5.05. The molecule has 0 aromatic carbocycles. The second kappa shape index (κ2) is 7.39. The Hall–Kier alpha value is -2.15. The Morgan fingerprint density at radius 1 is 1.48 bits per heavy atom. The molecule has 1 atom stereocenters. The van der Waals surface area contributed by atoms with Gasteiger partial charge in [0.2, 0.25) is 11.8 Å². The highest BCUT2D eigenvalue weighted by atomic mass is 16.5. The first-order valence-corrected chi connectivity index (χ1v) is 8.88.